The maximum absolute atomic E-state index is 11.3. The molecule has 1 atom stereocenters. The Morgan fingerprint density at radius 1 is 1.50 bits per heavy atom. The highest BCUT2D eigenvalue weighted by atomic mass is 32.1. The van der Waals surface area contributed by atoms with Crippen LogP contribution in [0.2, 0.25) is 0 Å². The summed E-state index contributed by atoms with van der Waals surface area (Å²) in [4.78, 5) is 14.0. The van der Waals surface area contributed by atoms with E-state index in [0.717, 1.165) is 19.6 Å². The molecule has 0 heterocycles. The maximum atomic E-state index is 11.3. The molecule has 0 saturated carbocycles. The van der Waals surface area contributed by atoms with Crippen LogP contribution < -0.4 is 11.1 Å². The van der Waals surface area contributed by atoms with E-state index in [0.29, 0.717) is 18.0 Å². The summed E-state index contributed by atoms with van der Waals surface area (Å²) >= 11 is 4.93. The molecule has 0 aliphatic carbocycles. The van der Waals surface area contributed by atoms with E-state index in [1.54, 1.807) is 0 Å². The Morgan fingerprint density at radius 2 is 2.12 bits per heavy atom. The first-order chi connectivity index (χ1) is 7.51. The number of carbonyl (C=O) groups is 1. The quantitative estimate of drug-likeness (QED) is 0.620. The van der Waals surface area contributed by atoms with E-state index in [2.05, 4.69) is 17.1 Å². The van der Waals surface area contributed by atoms with Crippen LogP contribution in [0.15, 0.2) is 0 Å². The first kappa shape index (κ1) is 15.3. The van der Waals surface area contributed by atoms with Crippen molar-refractivity contribution in [2.24, 2.45) is 11.7 Å². The minimum absolute atomic E-state index is 0.101. The fraction of sp³-hybridized carbons (Fsp3) is 0.818. The summed E-state index contributed by atoms with van der Waals surface area (Å²) in [5, 5.41) is 2.78. The van der Waals surface area contributed by atoms with Crippen LogP contribution in [-0.2, 0) is 4.79 Å². The summed E-state index contributed by atoms with van der Waals surface area (Å²) in [6.07, 6.45) is 0.533. The Kier molecular flexibility index (Phi) is 8.11. The molecule has 0 radical (unpaired) electrons. The average Bonchev–Trinajstić information content (AvgIpc) is 2.24. The molecule has 0 bridgehead atoms. The van der Waals surface area contributed by atoms with E-state index in [1.807, 2.05) is 13.8 Å². The molecule has 3 N–H and O–H groups in total. The Labute approximate surface area is 104 Å². The van der Waals surface area contributed by atoms with Gasteiger partial charge in [-0.2, -0.15) is 0 Å². The second kappa shape index (κ2) is 8.47. The van der Waals surface area contributed by atoms with Crippen molar-refractivity contribution in [3.05, 3.63) is 0 Å². The molecule has 0 aliphatic heterocycles. The summed E-state index contributed by atoms with van der Waals surface area (Å²) in [6, 6.07) is 0. The van der Waals surface area contributed by atoms with Gasteiger partial charge in [-0.25, -0.2) is 0 Å². The predicted molar refractivity (Wildman–Crippen MR) is 71.4 cm³/mol. The van der Waals surface area contributed by atoms with Crippen LogP contribution in [0.3, 0.4) is 0 Å². The third-order valence-electron chi connectivity index (χ3n) is 2.49. The summed E-state index contributed by atoms with van der Waals surface area (Å²) in [5.41, 5.74) is 5.57. The minimum Gasteiger partial charge on any atom is -0.393 e. The molecular formula is C11H23N3OS. The molecular weight excluding hydrogens is 222 g/mol. The van der Waals surface area contributed by atoms with Gasteiger partial charge >= 0.3 is 0 Å². The minimum atomic E-state index is 0.101. The van der Waals surface area contributed by atoms with Gasteiger partial charge in [-0.15, -0.1) is 0 Å². The Hall–Kier alpha value is -0.680. The lowest BCUT2D eigenvalue weighted by Gasteiger charge is -2.23. The predicted octanol–water partition coefficient (Wildman–Crippen LogP) is 0.757. The van der Waals surface area contributed by atoms with E-state index in [-0.39, 0.29) is 11.8 Å². The van der Waals surface area contributed by atoms with Gasteiger partial charge < -0.3 is 16.0 Å². The van der Waals surface area contributed by atoms with E-state index < -0.39 is 0 Å². The molecule has 0 aliphatic rings. The second-order valence-corrected chi connectivity index (χ2v) is 4.37. The number of hydrogen-bond acceptors (Lipinski definition) is 3. The van der Waals surface area contributed by atoms with Crippen molar-refractivity contribution in [2.45, 2.75) is 27.2 Å². The maximum Gasteiger partial charge on any atom is 0.221 e. The average molecular weight is 245 g/mol. The van der Waals surface area contributed by atoms with Gasteiger partial charge in [0.05, 0.1) is 4.99 Å². The van der Waals surface area contributed by atoms with Crippen LogP contribution >= 0.6 is 12.2 Å². The van der Waals surface area contributed by atoms with E-state index >= 15 is 0 Å². The molecule has 0 rings (SSSR count). The van der Waals surface area contributed by atoms with Crippen LogP contribution in [0.25, 0.3) is 0 Å². The van der Waals surface area contributed by atoms with Crippen molar-refractivity contribution in [1.82, 2.24) is 10.2 Å². The number of hydrogen-bond donors (Lipinski definition) is 2. The van der Waals surface area contributed by atoms with Crippen molar-refractivity contribution < 1.29 is 4.79 Å². The van der Waals surface area contributed by atoms with Gasteiger partial charge in [0.15, 0.2) is 0 Å². The van der Waals surface area contributed by atoms with Crippen molar-refractivity contribution in [1.29, 1.82) is 0 Å². The van der Waals surface area contributed by atoms with Crippen molar-refractivity contribution >= 4 is 23.1 Å². The molecule has 0 spiro atoms. The molecule has 5 heteroatoms. The standard InChI is InChI=1S/C11H23N3OS/c1-4-13-10(15)6-7-14(5-2)8-9(3)11(12)16/h9H,4-8H2,1-3H3,(H2,12,16)(H,13,15). The number of nitrogens with zero attached hydrogens (tertiary/aromatic N) is 1. The SMILES string of the molecule is CCNC(=O)CCN(CC)CC(C)C(N)=S. The van der Waals surface area contributed by atoms with Gasteiger partial charge in [-0.1, -0.05) is 26.1 Å². The smallest absolute Gasteiger partial charge is 0.221 e. The summed E-state index contributed by atoms with van der Waals surface area (Å²) in [7, 11) is 0. The van der Waals surface area contributed by atoms with Crippen molar-refractivity contribution in [2.75, 3.05) is 26.2 Å². The normalized spacial score (nSPS) is 12.5. The van der Waals surface area contributed by atoms with Gasteiger partial charge in [0, 0.05) is 32.0 Å². The summed E-state index contributed by atoms with van der Waals surface area (Å²) in [5.74, 6) is 0.299. The van der Waals surface area contributed by atoms with Crippen LogP contribution in [0.4, 0.5) is 0 Å². The van der Waals surface area contributed by atoms with Crippen molar-refractivity contribution in [3.8, 4) is 0 Å². The topological polar surface area (TPSA) is 58.4 Å². The monoisotopic (exact) mass is 245 g/mol. The van der Waals surface area contributed by atoms with Crippen LogP contribution in [0.5, 0.6) is 0 Å². The molecule has 0 fully saturated rings. The zero-order valence-corrected chi connectivity index (χ0v) is 11.3. The molecule has 0 aromatic heterocycles. The molecule has 0 aromatic rings. The Balaban J connectivity index is 3.92. The third kappa shape index (κ3) is 6.74. The van der Waals surface area contributed by atoms with E-state index in [4.69, 9.17) is 18.0 Å². The second-order valence-electron chi connectivity index (χ2n) is 3.90. The van der Waals surface area contributed by atoms with Gasteiger partial charge in [0.25, 0.3) is 0 Å². The first-order valence-electron chi connectivity index (χ1n) is 5.79. The third-order valence-corrected chi connectivity index (χ3v) is 2.90. The van der Waals surface area contributed by atoms with E-state index in [1.165, 1.54) is 0 Å². The number of nitrogens with two attached hydrogens (primary N) is 1. The molecule has 4 nitrogen and oxygen atoms in total. The zero-order chi connectivity index (χ0) is 12.6. The zero-order valence-electron chi connectivity index (χ0n) is 10.5. The fourth-order valence-electron chi connectivity index (χ4n) is 1.40. The van der Waals surface area contributed by atoms with Gasteiger partial charge in [-0.05, 0) is 13.5 Å². The molecule has 1 amide bonds. The Morgan fingerprint density at radius 3 is 2.56 bits per heavy atom. The molecule has 1 unspecified atom stereocenters. The fourth-order valence-corrected chi connectivity index (χ4v) is 1.48. The van der Waals surface area contributed by atoms with Gasteiger partial charge in [0.2, 0.25) is 5.91 Å². The first-order valence-corrected chi connectivity index (χ1v) is 6.20. The number of thiocarbonyl (C=S) groups is 1. The summed E-state index contributed by atoms with van der Waals surface area (Å²) < 4.78 is 0. The van der Waals surface area contributed by atoms with Crippen LogP contribution in [-0.4, -0.2) is 42.0 Å². The van der Waals surface area contributed by atoms with Crippen LogP contribution in [0, 0.1) is 5.92 Å². The van der Waals surface area contributed by atoms with E-state index in [9.17, 15) is 4.79 Å². The van der Waals surface area contributed by atoms with Crippen molar-refractivity contribution in [3.63, 3.8) is 0 Å². The van der Waals surface area contributed by atoms with Gasteiger partial charge in [0.1, 0.15) is 0 Å². The molecule has 16 heavy (non-hydrogen) atoms. The van der Waals surface area contributed by atoms with Gasteiger partial charge in [-0.3, -0.25) is 4.79 Å². The van der Waals surface area contributed by atoms with Crippen LogP contribution in [0.1, 0.15) is 27.2 Å². The lowest BCUT2D eigenvalue weighted by Crippen LogP contribution is -2.36. The number of amides is 1. The number of carbonyl (C=O) groups excluding carboxylic acids is 1. The highest BCUT2D eigenvalue weighted by molar-refractivity contribution is 7.80. The lowest BCUT2D eigenvalue weighted by molar-refractivity contribution is -0.121. The largest absolute Gasteiger partial charge is 0.393 e. The lowest BCUT2D eigenvalue weighted by atomic mass is 10.1. The number of nitrogens with one attached hydrogen (secondary N) is 1. The molecule has 94 valence electrons. The highest BCUT2D eigenvalue weighted by Gasteiger charge is 2.11. The molecule has 0 saturated heterocycles. The molecule has 0 aromatic carbocycles. The summed E-state index contributed by atoms with van der Waals surface area (Å²) in [6.45, 7) is 9.19. The Bertz CT molecular complexity index is 233. The number of rotatable bonds is 8. The highest BCUT2D eigenvalue weighted by Crippen LogP contribution is 2.01.